The van der Waals surface area contributed by atoms with Crippen molar-refractivity contribution in [2.75, 3.05) is 6.61 Å². The number of ether oxygens (including phenoxy) is 1. The second kappa shape index (κ2) is 7.42. The molecule has 8 heteroatoms. The molecule has 1 heterocycles. The van der Waals surface area contributed by atoms with Crippen LogP contribution in [0, 0.1) is 17.6 Å². The molecular formula is C19H24F2N2O4. The number of halogens is 2. The third-order valence-electron chi connectivity index (χ3n) is 4.60. The minimum Gasteiger partial charge on any atom is -0.444 e. The van der Waals surface area contributed by atoms with Gasteiger partial charge in [-0.3, -0.25) is 9.63 Å². The summed E-state index contributed by atoms with van der Waals surface area (Å²) in [6.45, 7) is 5.64. The van der Waals surface area contributed by atoms with Crippen molar-refractivity contribution in [1.29, 1.82) is 0 Å². The Labute approximate surface area is 156 Å². The van der Waals surface area contributed by atoms with Crippen molar-refractivity contribution in [2.24, 2.45) is 5.92 Å². The topological polar surface area (TPSA) is 67.9 Å². The van der Waals surface area contributed by atoms with E-state index in [0.717, 1.165) is 6.07 Å². The van der Waals surface area contributed by atoms with Crippen LogP contribution in [0.3, 0.4) is 0 Å². The molecule has 1 N–H and O–H groups in total. The molecule has 3 rings (SSSR count). The predicted octanol–water partition coefficient (Wildman–Crippen LogP) is 3.47. The minimum absolute atomic E-state index is 0.138. The molecule has 0 unspecified atom stereocenters. The van der Waals surface area contributed by atoms with Crippen LogP contribution < -0.4 is 5.32 Å². The summed E-state index contributed by atoms with van der Waals surface area (Å²) in [7, 11) is 0. The molecule has 1 saturated carbocycles. The third-order valence-corrected chi connectivity index (χ3v) is 4.60. The third kappa shape index (κ3) is 4.74. The summed E-state index contributed by atoms with van der Waals surface area (Å²) in [6, 6.07) is 2.58. The average Bonchev–Trinajstić information content (AvgIpc) is 2.96. The smallest absolute Gasteiger partial charge is 0.407 e. The van der Waals surface area contributed by atoms with E-state index in [4.69, 9.17) is 9.57 Å². The van der Waals surface area contributed by atoms with E-state index < -0.39 is 29.4 Å². The first-order valence-electron chi connectivity index (χ1n) is 9.04. The zero-order chi connectivity index (χ0) is 19.8. The van der Waals surface area contributed by atoms with Gasteiger partial charge in [-0.25, -0.2) is 18.6 Å². The Morgan fingerprint density at radius 3 is 2.41 bits per heavy atom. The Bertz CT molecular complexity index is 709. The van der Waals surface area contributed by atoms with Crippen LogP contribution in [-0.4, -0.2) is 35.3 Å². The Morgan fingerprint density at radius 1 is 1.19 bits per heavy atom. The first kappa shape index (κ1) is 19.5. The second-order valence-corrected chi connectivity index (χ2v) is 8.02. The van der Waals surface area contributed by atoms with Crippen LogP contribution >= 0.6 is 0 Å². The lowest BCUT2D eigenvalue weighted by molar-refractivity contribution is -0.185. The van der Waals surface area contributed by atoms with Crippen LogP contribution in [0.1, 0.15) is 51.6 Å². The van der Waals surface area contributed by atoms with Crippen molar-refractivity contribution in [3.8, 4) is 0 Å². The highest BCUT2D eigenvalue weighted by Gasteiger charge is 2.42. The van der Waals surface area contributed by atoms with Crippen molar-refractivity contribution in [3.63, 3.8) is 0 Å². The molecule has 148 valence electrons. The van der Waals surface area contributed by atoms with E-state index in [1.165, 1.54) is 17.2 Å². The van der Waals surface area contributed by atoms with E-state index in [-0.39, 0.29) is 17.9 Å². The van der Waals surface area contributed by atoms with Crippen molar-refractivity contribution in [1.82, 2.24) is 10.4 Å². The number of rotatable bonds is 3. The Kier molecular flexibility index (Phi) is 5.37. The highest BCUT2D eigenvalue weighted by atomic mass is 19.1. The fraction of sp³-hybridized carbons (Fsp3) is 0.579. The maximum Gasteiger partial charge on any atom is 0.407 e. The van der Waals surface area contributed by atoms with Crippen molar-refractivity contribution >= 4 is 12.0 Å². The van der Waals surface area contributed by atoms with Gasteiger partial charge < -0.3 is 10.1 Å². The van der Waals surface area contributed by atoms with Gasteiger partial charge in [0.1, 0.15) is 17.2 Å². The molecule has 27 heavy (non-hydrogen) atoms. The second-order valence-electron chi connectivity index (χ2n) is 8.02. The zero-order valence-corrected chi connectivity index (χ0v) is 15.6. The average molecular weight is 382 g/mol. The fourth-order valence-corrected chi connectivity index (χ4v) is 3.35. The Hall–Kier alpha value is -2.22. The van der Waals surface area contributed by atoms with Gasteiger partial charge in [-0.15, -0.1) is 0 Å². The quantitative estimate of drug-likeness (QED) is 0.869. The van der Waals surface area contributed by atoms with Gasteiger partial charge >= 0.3 is 6.09 Å². The molecule has 0 radical (unpaired) electrons. The molecule has 0 aromatic heterocycles. The van der Waals surface area contributed by atoms with Gasteiger partial charge in [-0.05, 0) is 51.3 Å². The summed E-state index contributed by atoms with van der Waals surface area (Å²) in [5, 5.41) is 3.96. The molecule has 1 atom stereocenters. The van der Waals surface area contributed by atoms with Crippen LogP contribution in [0.2, 0.25) is 0 Å². The van der Waals surface area contributed by atoms with Gasteiger partial charge in [0.05, 0.1) is 12.6 Å². The normalized spacial score (nSPS) is 25.1. The molecule has 2 aliphatic rings. The van der Waals surface area contributed by atoms with Crippen LogP contribution in [0.4, 0.5) is 13.6 Å². The molecule has 1 aromatic carbocycles. The summed E-state index contributed by atoms with van der Waals surface area (Å²) in [5.74, 6) is -1.91. The number of hydrogen-bond donors (Lipinski definition) is 1. The number of carbonyl (C=O) groups excluding carboxylic acids is 2. The number of nitrogens with zero attached hydrogens (tertiary/aromatic N) is 1. The van der Waals surface area contributed by atoms with Gasteiger partial charge in [0.2, 0.25) is 5.91 Å². The van der Waals surface area contributed by atoms with E-state index in [0.29, 0.717) is 31.4 Å². The van der Waals surface area contributed by atoms with Gasteiger partial charge in [0.15, 0.2) is 0 Å². The summed E-state index contributed by atoms with van der Waals surface area (Å²) in [4.78, 5) is 29.9. The largest absolute Gasteiger partial charge is 0.444 e. The number of alkyl carbamates (subject to hydrolysis) is 1. The highest BCUT2D eigenvalue weighted by Crippen LogP contribution is 2.37. The lowest BCUT2D eigenvalue weighted by Crippen LogP contribution is -2.50. The monoisotopic (exact) mass is 382 g/mol. The standard InChI is InChI=1S/C19H24F2N2O4/c1-19(2,3)27-18(25)22-15-8-12(9-15)17(24)23-16(4-5-26-23)11-6-13(20)10-14(21)7-11/h6-7,10,12,15-16H,4-5,8-9H2,1-3H3,(H,22,25)/t12?,15?,16-/m0/s1. The Balaban J connectivity index is 1.56. The number of hydroxylamine groups is 2. The molecule has 6 nitrogen and oxygen atoms in total. The summed E-state index contributed by atoms with van der Waals surface area (Å²) >= 11 is 0. The van der Waals surface area contributed by atoms with Gasteiger partial charge in [0.25, 0.3) is 0 Å². The van der Waals surface area contributed by atoms with Crippen molar-refractivity contribution in [2.45, 2.75) is 57.7 Å². The summed E-state index contributed by atoms with van der Waals surface area (Å²) < 4.78 is 32.2. The maximum atomic E-state index is 13.5. The molecule has 1 saturated heterocycles. The maximum absolute atomic E-state index is 13.5. The van der Waals surface area contributed by atoms with E-state index in [1.807, 2.05) is 0 Å². The predicted molar refractivity (Wildman–Crippen MR) is 92.4 cm³/mol. The molecule has 1 aliphatic heterocycles. The summed E-state index contributed by atoms with van der Waals surface area (Å²) in [6.07, 6.45) is 0.912. The molecule has 0 spiro atoms. The van der Waals surface area contributed by atoms with Gasteiger partial charge in [-0.2, -0.15) is 0 Å². The number of amides is 2. The fourth-order valence-electron chi connectivity index (χ4n) is 3.35. The van der Waals surface area contributed by atoms with E-state index in [2.05, 4.69) is 5.32 Å². The van der Waals surface area contributed by atoms with Crippen LogP contribution in [0.25, 0.3) is 0 Å². The number of carbonyl (C=O) groups is 2. The van der Waals surface area contributed by atoms with Crippen molar-refractivity contribution in [3.05, 3.63) is 35.4 Å². The molecule has 1 aromatic rings. The van der Waals surface area contributed by atoms with Crippen LogP contribution in [-0.2, 0) is 14.4 Å². The molecule has 1 aliphatic carbocycles. The molecule has 2 fully saturated rings. The minimum atomic E-state index is -0.686. The number of benzene rings is 1. The number of nitrogens with one attached hydrogen (secondary N) is 1. The number of hydrogen-bond acceptors (Lipinski definition) is 4. The van der Waals surface area contributed by atoms with Crippen molar-refractivity contribution < 1.29 is 27.9 Å². The van der Waals surface area contributed by atoms with Crippen LogP contribution in [0.15, 0.2) is 18.2 Å². The van der Waals surface area contributed by atoms with E-state index >= 15 is 0 Å². The Morgan fingerprint density at radius 2 is 1.81 bits per heavy atom. The lowest BCUT2D eigenvalue weighted by atomic mass is 9.79. The lowest BCUT2D eigenvalue weighted by Gasteiger charge is -2.37. The van der Waals surface area contributed by atoms with E-state index in [1.54, 1.807) is 20.8 Å². The first-order chi connectivity index (χ1) is 12.6. The highest BCUT2D eigenvalue weighted by molar-refractivity contribution is 5.80. The molecule has 2 amide bonds. The van der Waals surface area contributed by atoms with Gasteiger partial charge in [-0.1, -0.05) is 0 Å². The van der Waals surface area contributed by atoms with E-state index in [9.17, 15) is 18.4 Å². The first-order valence-corrected chi connectivity index (χ1v) is 9.04. The van der Waals surface area contributed by atoms with Gasteiger partial charge in [0, 0.05) is 24.4 Å². The summed E-state index contributed by atoms with van der Waals surface area (Å²) in [5.41, 5.74) is -0.207. The molecular weight excluding hydrogens is 358 g/mol. The zero-order valence-electron chi connectivity index (χ0n) is 15.6. The van der Waals surface area contributed by atoms with Crippen LogP contribution in [0.5, 0.6) is 0 Å². The SMILES string of the molecule is CC(C)(C)OC(=O)NC1CC(C(=O)N2OCC[C@H]2c2cc(F)cc(F)c2)C1. The molecule has 0 bridgehead atoms.